The van der Waals surface area contributed by atoms with E-state index in [9.17, 15) is 14.4 Å². The minimum atomic E-state index is -0.731. The summed E-state index contributed by atoms with van der Waals surface area (Å²) in [6.07, 6.45) is 2.25. The Morgan fingerprint density at radius 1 is 1.31 bits per heavy atom. The molecule has 2 aromatic heterocycles. The van der Waals surface area contributed by atoms with Crippen molar-refractivity contribution in [1.82, 2.24) is 9.55 Å². The van der Waals surface area contributed by atoms with Gasteiger partial charge in [0.05, 0.1) is 11.7 Å². The van der Waals surface area contributed by atoms with Crippen molar-refractivity contribution >= 4 is 38.9 Å². The molecular formula is C19H19N3O3S. The quantitative estimate of drug-likeness (QED) is 0.699. The third-order valence-corrected chi connectivity index (χ3v) is 5.40. The van der Waals surface area contributed by atoms with E-state index in [-0.39, 0.29) is 17.2 Å². The van der Waals surface area contributed by atoms with Gasteiger partial charge in [0.25, 0.3) is 5.56 Å². The molecule has 134 valence electrons. The molecule has 3 aromatic rings. The van der Waals surface area contributed by atoms with Gasteiger partial charge in [-0.2, -0.15) is 0 Å². The minimum absolute atomic E-state index is 0.0794. The molecule has 1 amide bonds. The van der Waals surface area contributed by atoms with Crippen LogP contribution in [-0.2, 0) is 11.2 Å². The number of aromatic nitrogens is 2. The molecule has 0 aliphatic rings. The topological polar surface area (TPSA) is 81.1 Å². The van der Waals surface area contributed by atoms with Crippen molar-refractivity contribution in [1.29, 1.82) is 0 Å². The van der Waals surface area contributed by atoms with Crippen molar-refractivity contribution in [2.75, 3.05) is 5.32 Å². The van der Waals surface area contributed by atoms with Gasteiger partial charge in [-0.25, -0.2) is 4.98 Å². The third-order valence-electron chi connectivity index (χ3n) is 4.21. The van der Waals surface area contributed by atoms with Crippen LogP contribution in [0.2, 0.25) is 0 Å². The van der Waals surface area contributed by atoms with Crippen LogP contribution in [0.1, 0.15) is 42.0 Å². The zero-order valence-electron chi connectivity index (χ0n) is 14.8. The van der Waals surface area contributed by atoms with Gasteiger partial charge in [-0.3, -0.25) is 19.0 Å². The minimum Gasteiger partial charge on any atom is -0.324 e. The average molecular weight is 369 g/mol. The van der Waals surface area contributed by atoms with E-state index in [1.807, 2.05) is 13.0 Å². The molecule has 0 spiro atoms. The van der Waals surface area contributed by atoms with E-state index in [4.69, 9.17) is 0 Å². The molecule has 0 aliphatic heterocycles. The van der Waals surface area contributed by atoms with Gasteiger partial charge in [-0.05, 0) is 38.5 Å². The predicted octanol–water partition coefficient (Wildman–Crippen LogP) is 3.42. The summed E-state index contributed by atoms with van der Waals surface area (Å²) < 4.78 is 1.33. The summed E-state index contributed by atoms with van der Waals surface area (Å²) in [5, 5.41) is 3.29. The predicted molar refractivity (Wildman–Crippen MR) is 103 cm³/mol. The van der Waals surface area contributed by atoms with E-state index in [1.54, 1.807) is 31.2 Å². The largest absolute Gasteiger partial charge is 0.324 e. The van der Waals surface area contributed by atoms with Gasteiger partial charge in [0.1, 0.15) is 10.9 Å². The summed E-state index contributed by atoms with van der Waals surface area (Å²) in [7, 11) is 0. The summed E-state index contributed by atoms with van der Waals surface area (Å²) in [4.78, 5) is 42.8. The summed E-state index contributed by atoms with van der Waals surface area (Å²) >= 11 is 1.49. The van der Waals surface area contributed by atoms with E-state index in [1.165, 1.54) is 29.2 Å². The SMILES string of the molecule is CCc1cc2c(=O)n(C(C)C(=O)Nc3cccc(C(C)=O)c3)cnc2s1. The number of nitrogens with one attached hydrogen (secondary N) is 1. The van der Waals surface area contributed by atoms with Crippen LogP contribution in [0.15, 0.2) is 41.5 Å². The number of hydrogen-bond acceptors (Lipinski definition) is 5. The highest BCUT2D eigenvalue weighted by Gasteiger charge is 2.19. The number of benzene rings is 1. The maximum absolute atomic E-state index is 12.7. The molecule has 1 unspecified atom stereocenters. The van der Waals surface area contributed by atoms with Gasteiger partial charge < -0.3 is 5.32 Å². The second-order valence-corrected chi connectivity index (χ2v) is 7.16. The molecule has 1 aromatic carbocycles. The number of fused-ring (bicyclic) bond motifs is 1. The van der Waals surface area contributed by atoms with E-state index in [0.717, 1.165) is 11.3 Å². The van der Waals surface area contributed by atoms with Gasteiger partial charge in [0.15, 0.2) is 5.78 Å². The molecule has 2 heterocycles. The van der Waals surface area contributed by atoms with Crippen molar-refractivity contribution in [2.24, 2.45) is 0 Å². The Balaban J connectivity index is 1.88. The lowest BCUT2D eigenvalue weighted by Gasteiger charge is -2.15. The van der Waals surface area contributed by atoms with Crippen LogP contribution < -0.4 is 10.9 Å². The molecule has 6 nitrogen and oxygen atoms in total. The molecule has 7 heteroatoms. The van der Waals surface area contributed by atoms with E-state index >= 15 is 0 Å². The monoisotopic (exact) mass is 369 g/mol. The van der Waals surface area contributed by atoms with Crippen molar-refractivity contribution in [2.45, 2.75) is 33.2 Å². The number of ketones is 1. The number of carbonyl (C=O) groups is 2. The molecule has 26 heavy (non-hydrogen) atoms. The molecule has 0 aliphatic carbocycles. The number of aryl methyl sites for hydroxylation is 1. The van der Waals surface area contributed by atoms with Gasteiger partial charge in [-0.15, -0.1) is 11.3 Å². The molecule has 0 saturated heterocycles. The third kappa shape index (κ3) is 3.43. The van der Waals surface area contributed by atoms with Crippen molar-refractivity contribution in [3.63, 3.8) is 0 Å². The van der Waals surface area contributed by atoms with Crippen molar-refractivity contribution < 1.29 is 9.59 Å². The average Bonchev–Trinajstić information content (AvgIpc) is 3.06. The molecule has 1 atom stereocenters. The fraction of sp³-hybridized carbons (Fsp3) is 0.263. The zero-order chi connectivity index (χ0) is 18.8. The lowest BCUT2D eigenvalue weighted by molar-refractivity contribution is -0.118. The van der Waals surface area contributed by atoms with Crippen molar-refractivity contribution in [3.8, 4) is 0 Å². The maximum Gasteiger partial charge on any atom is 0.262 e. The Bertz CT molecular complexity index is 1050. The number of Topliss-reactive ketones (excluding diaryl/α,β-unsaturated/α-hetero) is 1. The first-order chi connectivity index (χ1) is 12.4. The Labute approximate surface area is 154 Å². The first-order valence-electron chi connectivity index (χ1n) is 8.32. The summed E-state index contributed by atoms with van der Waals surface area (Å²) in [6.45, 7) is 5.13. The van der Waals surface area contributed by atoms with Crippen molar-refractivity contribution in [3.05, 3.63) is 57.5 Å². The number of rotatable bonds is 5. The lowest BCUT2D eigenvalue weighted by atomic mass is 10.1. The standard InChI is InChI=1S/C19H19N3O3S/c1-4-15-9-16-18(26-15)20-10-22(19(16)25)11(2)17(24)21-14-7-5-6-13(8-14)12(3)23/h5-11H,4H2,1-3H3,(H,21,24). The highest BCUT2D eigenvalue weighted by molar-refractivity contribution is 7.18. The Morgan fingerprint density at radius 2 is 2.08 bits per heavy atom. The molecule has 0 saturated carbocycles. The van der Waals surface area contributed by atoms with Crippen LogP contribution in [0, 0.1) is 0 Å². The molecule has 0 radical (unpaired) electrons. The summed E-state index contributed by atoms with van der Waals surface area (Å²) in [5.41, 5.74) is 0.799. The molecule has 3 rings (SSSR count). The number of thiophene rings is 1. The zero-order valence-corrected chi connectivity index (χ0v) is 15.6. The number of anilines is 1. The number of hydrogen-bond donors (Lipinski definition) is 1. The summed E-state index contributed by atoms with van der Waals surface area (Å²) in [5.74, 6) is -0.427. The second kappa shape index (κ2) is 7.21. The van der Waals surface area contributed by atoms with E-state index < -0.39 is 6.04 Å². The van der Waals surface area contributed by atoms with Crippen LogP contribution in [0.25, 0.3) is 10.2 Å². The molecule has 0 bridgehead atoms. The molecular weight excluding hydrogens is 350 g/mol. The Hall–Kier alpha value is -2.80. The fourth-order valence-corrected chi connectivity index (χ4v) is 3.55. The number of amides is 1. The maximum atomic E-state index is 12.7. The van der Waals surface area contributed by atoms with Gasteiger partial charge in [0, 0.05) is 16.1 Å². The second-order valence-electron chi connectivity index (χ2n) is 6.04. The fourth-order valence-electron chi connectivity index (χ4n) is 2.63. The summed E-state index contributed by atoms with van der Waals surface area (Å²) in [6, 6.07) is 7.81. The van der Waals surface area contributed by atoms with Gasteiger partial charge in [0.2, 0.25) is 5.91 Å². The van der Waals surface area contributed by atoms with Crippen LogP contribution >= 0.6 is 11.3 Å². The lowest BCUT2D eigenvalue weighted by Crippen LogP contribution is -2.31. The van der Waals surface area contributed by atoms with Crippen LogP contribution in [0.5, 0.6) is 0 Å². The van der Waals surface area contributed by atoms with Crippen LogP contribution in [0.3, 0.4) is 0 Å². The van der Waals surface area contributed by atoms with Crippen LogP contribution in [-0.4, -0.2) is 21.2 Å². The highest BCUT2D eigenvalue weighted by atomic mass is 32.1. The first kappa shape index (κ1) is 18.0. The Kier molecular flexibility index (Phi) is 4.99. The molecule has 1 N–H and O–H groups in total. The Morgan fingerprint density at radius 3 is 2.77 bits per heavy atom. The number of carbonyl (C=O) groups excluding carboxylic acids is 2. The van der Waals surface area contributed by atoms with E-state index in [2.05, 4.69) is 10.3 Å². The smallest absolute Gasteiger partial charge is 0.262 e. The van der Waals surface area contributed by atoms with Gasteiger partial charge in [-0.1, -0.05) is 19.1 Å². The normalized spacial score (nSPS) is 12.1. The van der Waals surface area contributed by atoms with Crippen LogP contribution in [0.4, 0.5) is 5.69 Å². The van der Waals surface area contributed by atoms with E-state index in [0.29, 0.717) is 21.5 Å². The highest BCUT2D eigenvalue weighted by Crippen LogP contribution is 2.22. The first-order valence-corrected chi connectivity index (χ1v) is 9.13. The van der Waals surface area contributed by atoms with Gasteiger partial charge >= 0.3 is 0 Å². The number of nitrogens with zero attached hydrogens (tertiary/aromatic N) is 2. The molecule has 0 fully saturated rings.